The van der Waals surface area contributed by atoms with Gasteiger partial charge in [-0.2, -0.15) is 0 Å². The van der Waals surface area contributed by atoms with Crippen molar-refractivity contribution in [3.8, 4) is 0 Å². The van der Waals surface area contributed by atoms with Crippen LogP contribution in [0.15, 0.2) is 0 Å². The van der Waals surface area contributed by atoms with E-state index in [9.17, 15) is 0 Å². The summed E-state index contributed by atoms with van der Waals surface area (Å²) in [5.74, 6) is 0. The molecule has 1 radical (unpaired) electrons. The summed E-state index contributed by atoms with van der Waals surface area (Å²) in [5, 5.41) is 0. The third kappa shape index (κ3) is 9.09. The fourth-order valence-corrected chi connectivity index (χ4v) is 0. The molecule has 2 nitrogen and oxygen atoms in total. The van der Waals surface area contributed by atoms with E-state index in [4.69, 9.17) is 6.65 Å². The maximum absolute atomic E-state index is 8.50. The summed E-state index contributed by atoms with van der Waals surface area (Å²) in [6.07, 6.45) is 0. The first kappa shape index (κ1) is 9.31. The van der Waals surface area contributed by atoms with E-state index in [1.807, 2.05) is 0 Å². The molecule has 0 atom stereocenters. The summed E-state index contributed by atoms with van der Waals surface area (Å²) in [6, 6.07) is 0. The second-order valence-corrected chi connectivity index (χ2v) is 0.344. The molecule has 0 aliphatic carbocycles. The molecule has 0 aliphatic rings. The van der Waals surface area contributed by atoms with Crippen LogP contribution in [0.5, 0.6) is 0 Å². The molecule has 0 N–H and O–H groups in total. The zero-order chi connectivity index (χ0) is 2.71. The molecular formula is EuO2Ti. The van der Waals surface area contributed by atoms with Gasteiger partial charge in [-0.05, 0) is 0 Å². The number of rotatable bonds is 0. The maximum atomic E-state index is 8.50. The van der Waals surface area contributed by atoms with Crippen molar-refractivity contribution in [2.24, 2.45) is 0 Å². The molecule has 4 heavy (non-hydrogen) atoms. The Morgan fingerprint density at radius 3 is 1.25 bits per heavy atom. The summed E-state index contributed by atoms with van der Waals surface area (Å²) in [6.45, 7) is 0. The normalized spacial score (nSPS) is 2.00. The molecule has 0 saturated carbocycles. The molecule has 0 aliphatic heterocycles. The van der Waals surface area contributed by atoms with Crippen molar-refractivity contribution in [3.63, 3.8) is 0 Å². The van der Waals surface area contributed by atoms with Gasteiger partial charge in [-0.25, -0.2) is 0 Å². The van der Waals surface area contributed by atoms with Gasteiger partial charge < -0.3 is 0 Å². The Morgan fingerprint density at radius 1 is 1.25 bits per heavy atom. The third-order valence-electron chi connectivity index (χ3n) is 0. The van der Waals surface area contributed by atoms with Crippen LogP contribution in [0, 0.1) is 49.4 Å². The van der Waals surface area contributed by atoms with Gasteiger partial charge in [0.2, 0.25) is 0 Å². The van der Waals surface area contributed by atoms with E-state index in [1.165, 1.54) is 0 Å². The van der Waals surface area contributed by atoms with Crippen molar-refractivity contribution in [2.75, 3.05) is 0 Å². The standard InChI is InChI=1S/Eu.2O.Ti. The molecule has 4 heteroatoms. The Hall–Kier alpha value is 1.90. The average Bonchev–Trinajstić information content (AvgIpc) is 0.918. The molecule has 0 spiro atoms. The second kappa shape index (κ2) is 8.86. The number of hydrogen-bond acceptors (Lipinski definition) is 2. The molecule has 23 valence electrons. The molecular weight excluding hydrogens is 232 g/mol. The van der Waals surface area contributed by atoms with Gasteiger partial charge >= 0.3 is 25.7 Å². The van der Waals surface area contributed by atoms with Gasteiger partial charge in [0.25, 0.3) is 0 Å². The van der Waals surface area contributed by atoms with Gasteiger partial charge in [0.05, 0.1) is 0 Å². The van der Waals surface area contributed by atoms with Gasteiger partial charge in [0, 0.05) is 49.4 Å². The topological polar surface area (TPSA) is 34.1 Å². The van der Waals surface area contributed by atoms with Crippen LogP contribution in [0.3, 0.4) is 0 Å². The molecule has 0 saturated heterocycles. The predicted octanol–water partition coefficient (Wildman–Crippen LogP) is -0.240. The zero-order valence-corrected chi connectivity index (χ0v) is 5.68. The average molecular weight is 232 g/mol. The quantitative estimate of drug-likeness (QED) is 0.540. The Labute approximate surface area is 73.4 Å². The van der Waals surface area contributed by atoms with Crippen LogP contribution in [0.1, 0.15) is 0 Å². The summed E-state index contributed by atoms with van der Waals surface area (Å²) in [4.78, 5) is 0. The Morgan fingerprint density at radius 2 is 1.25 bits per heavy atom. The van der Waals surface area contributed by atoms with E-state index in [1.54, 1.807) is 0 Å². The van der Waals surface area contributed by atoms with E-state index in [0.29, 0.717) is 0 Å². The first-order valence-electron chi connectivity index (χ1n) is 0.408. The van der Waals surface area contributed by atoms with Crippen LogP contribution in [0.4, 0.5) is 0 Å². The van der Waals surface area contributed by atoms with Crippen molar-refractivity contribution < 1.29 is 75.1 Å². The summed E-state index contributed by atoms with van der Waals surface area (Å²) in [7, 11) is 0. The second-order valence-electron chi connectivity index (χ2n) is 0.0833. The van der Waals surface area contributed by atoms with E-state index in [-0.39, 0.29) is 49.4 Å². The van der Waals surface area contributed by atoms with Crippen LogP contribution in [0.25, 0.3) is 0 Å². The van der Waals surface area contributed by atoms with Gasteiger partial charge in [0.1, 0.15) is 0 Å². The van der Waals surface area contributed by atoms with Crippen molar-refractivity contribution in [3.05, 3.63) is 0 Å². The monoisotopic (exact) mass is 233 g/mol. The van der Waals surface area contributed by atoms with Crippen LogP contribution < -0.4 is 0 Å². The van der Waals surface area contributed by atoms with Crippen molar-refractivity contribution >= 4 is 0 Å². The molecule has 0 aromatic rings. The summed E-state index contributed by atoms with van der Waals surface area (Å²) >= 11 is -2.00. The molecule has 0 fully saturated rings. The fraction of sp³-hybridized carbons (Fsp3) is 0. The van der Waals surface area contributed by atoms with Crippen LogP contribution in [-0.2, 0) is 25.7 Å². The number of hydrogen-bond donors (Lipinski definition) is 0. The molecule has 0 aromatic carbocycles. The third-order valence-corrected chi connectivity index (χ3v) is 0. The minimum atomic E-state index is -2.00. The van der Waals surface area contributed by atoms with Crippen LogP contribution in [-0.4, -0.2) is 0 Å². The molecule has 0 bridgehead atoms. The van der Waals surface area contributed by atoms with E-state index >= 15 is 0 Å². The molecule has 0 amide bonds. The van der Waals surface area contributed by atoms with Crippen molar-refractivity contribution in [1.29, 1.82) is 0 Å². The van der Waals surface area contributed by atoms with Crippen LogP contribution in [0.2, 0.25) is 0 Å². The fourth-order valence-electron chi connectivity index (χ4n) is 0. The van der Waals surface area contributed by atoms with Gasteiger partial charge in [-0.15, -0.1) is 0 Å². The first-order valence-corrected chi connectivity index (χ1v) is 1.68. The van der Waals surface area contributed by atoms with E-state index in [2.05, 4.69) is 0 Å². The van der Waals surface area contributed by atoms with E-state index in [0.717, 1.165) is 0 Å². The zero-order valence-electron chi connectivity index (χ0n) is 1.69. The van der Waals surface area contributed by atoms with Crippen LogP contribution >= 0.6 is 0 Å². The molecule has 0 heterocycles. The SMILES string of the molecule is [Eu].[O]=[Ti]=[O]. The van der Waals surface area contributed by atoms with Gasteiger partial charge in [-0.1, -0.05) is 0 Å². The van der Waals surface area contributed by atoms with Gasteiger partial charge in [0.15, 0.2) is 0 Å². The van der Waals surface area contributed by atoms with Gasteiger partial charge in [-0.3, -0.25) is 0 Å². The Bertz CT molecular complexity index is 27.0. The minimum absolute atomic E-state index is 0. The predicted molar refractivity (Wildman–Crippen MR) is 1.37 cm³/mol. The molecule has 0 aromatic heterocycles. The Kier molecular flexibility index (Phi) is 20.6. The molecule has 0 unspecified atom stereocenters. The summed E-state index contributed by atoms with van der Waals surface area (Å²) < 4.78 is 17.0. The first-order chi connectivity index (χ1) is 1.41. The van der Waals surface area contributed by atoms with Crippen molar-refractivity contribution in [1.82, 2.24) is 0 Å². The summed E-state index contributed by atoms with van der Waals surface area (Å²) in [5.41, 5.74) is 0. The molecule has 0 rings (SSSR count). The Balaban J connectivity index is 0. The van der Waals surface area contributed by atoms with E-state index < -0.39 is 19.1 Å². The van der Waals surface area contributed by atoms with Crippen molar-refractivity contribution in [2.45, 2.75) is 0 Å².